The molecule has 4 heteroatoms. The molecule has 4 nitrogen and oxygen atoms in total. The fraction of sp³-hybridized carbons (Fsp3) is 0.385. The van der Waals surface area contributed by atoms with Crippen molar-refractivity contribution < 1.29 is 14.3 Å². The number of amides is 1. The summed E-state index contributed by atoms with van der Waals surface area (Å²) in [6.07, 6.45) is 0. The highest BCUT2D eigenvalue weighted by atomic mass is 16.5. The molecule has 17 heavy (non-hydrogen) atoms. The molecule has 1 rings (SSSR count). The van der Waals surface area contributed by atoms with Gasteiger partial charge in [-0.1, -0.05) is 13.8 Å². The van der Waals surface area contributed by atoms with Gasteiger partial charge in [0.15, 0.2) is 0 Å². The average molecular weight is 235 g/mol. The van der Waals surface area contributed by atoms with E-state index in [0.717, 1.165) is 0 Å². The molecule has 0 heterocycles. The van der Waals surface area contributed by atoms with Crippen molar-refractivity contribution in [3.05, 3.63) is 29.8 Å². The van der Waals surface area contributed by atoms with Gasteiger partial charge in [-0.05, 0) is 30.2 Å². The van der Waals surface area contributed by atoms with Crippen LogP contribution in [-0.2, 0) is 9.53 Å². The first-order valence-corrected chi connectivity index (χ1v) is 5.54. The molecule has 0 fully saturated rings. The summed E-state index contributed by atoms with van der Waals surface area (Å²) in [4.78, 5) is 22.4. The topological polar surface area (TPSA) is 55.4 Å². The summed E-state index contributed by atoms with van der Waals surface area (Å²) >= 11 is 0. The first kappa shape index (κ1) is 13.2. The molecule has 0 radical (unpaired) electrons. The van der Waals surface area contributed by atoms with Crippen molar-refractivity contribution in [1.82, 2.24) is 0 Å². The third-order valence-corrected chi connectivity index (χ3v) is 1.99. The van der Waals surface area contributed by atoms with Gasteiger partial charge < -0.3 is 10.1 Å². The second kappa shape index (κ2) is 6.03. The number of rotatable bonds is 4. The average Bonchev–Trinajstić information content (AvgIpc) is 2.26. The number of carbonyl (C=O) groups is 2. The lowest BCUT2D eigenvalue weighted by atomic mass is 10.2. The summed E-state index contributed by atoms with van der Waals surface area (Å²) in [7, 11) is 0. The minimum absolute atomic E-state index is 0.139. The fourth-order valence-electron chi connectivity index (χ4n) is 1.22. The number of anilines is 1. The van der Waals surface area contributed by atoms with E-state index in [2.05, 4.69) is 5.32 Å². The van der Waals surface area contributed by atoms with Crippen LogP contribution in [0, 0.1) is 5.92 Å². The maximum absolute atomic E-state index is 11.6. The Morgan fingerprint density at radius 1 is 1.24 bits per heavy atom. The van der Waals surface area contributed by atoms with Crippen molar-refractivity contribution in [3.63, 3.8) is 0 Å². The van der Waals surface area contributed by atoms with E-state index in [4.69, 9.17) is 4.74 Å². The van der Waals surface area contributed by atoms with Gasteiger partial charge in [-0.2, -0.15) is 0 Å². The Morgan fingerprint density at radius 3 is 2.29 bits per heavy atom. The molecule has 0 unspecified atom stereocenters. The van der Waals surface area contributed by atoms with E-state index in [1.807, 2.05) is 13.8 Å². The van der Waals surface area contributed by atoms with Crippen LogP contribution in [0.3, 0.4) is 0 Å². The summed E-state index contributed by atoms with van der Waals surface area (Å²) in [6.45, 7) is 5.80. The Bertz CT molecular complexity index is 396. The Hall–Kier alpha value is -1.84. The molecule has 0 aromatic heterocycles. The minimum Gasteiger partial charge on any atom is -0.462 e. The van der Waals surface area contributed by atoms with Crippen molar-refractivity contribution >= 4 is 17.6 Å². The monoisotopic (exact) mass is 235 g/mol. The molecule has 0 saturated heterocycles. The van der Waals surface area contributed by atoms with Crippen LogP contribution >= 0.6 is 0 Å². The fourth-order valence-corrected chi connectivity index (χ4v) is 1.22. The van der Waals surface area contributed by atoms with Crippen molar-refractivity contribution in [2.45, 2.75) is 20.8 Å². The van der Waals surface area contributed by atoms with Crippen molar-refractivity contribution in [2.75, 3.05) is 11.9 Å². The van der Waals surface area contributed by atoms with Crippen LogP contribution in [0.15, 0.2) is 24.3 Å². The highest BCUT2D eigenvalue weighted by molar-refractivity contribution is 5.92. The van der Waals surface area contributed by atoms with Gasteiger partial charge in [-0.25, -0.2) is 4.79 Å². The van der Waals surface area contributed by atoms with Crippen LogP contribution < -0.4 is 5.32 Å². The zero-order valence-electron chi connectivity index (χ0n) is 10.3. The lowest BCUT2D eigenvalue weighted by molar-refractivity contribution is -0.114. The molecule has 0 atom stereocenters. The van der Waals surface area contributed by atoms with E-state index in [1.54, 1.807) is 24.3 Å². The lowest BCUT2D eigenvalue weighted by Gasteiger charge is -2.07. The number of benzene rings is 1. The standard InChI is InChI=1S/C13H17NO3/c1-9(2)8-17-13(16)11-4-6-12(7-5-11)14-10(3)15/h4-7,9H,8H2,1-3H3,(H,14,15). The Labute approximate surface area is 101 Å². The summed E-state index contributed by atoms with van der Waals surface area (Å²) in [6, 6.07) is 6.61. The van der Waals surface area contributed by atoms with E-state index in [0.29, 0.717) is 23.8 Å². The van der Waals surface area contributed by atoms with E-state index in [9.17, 15) is 9.59 Å². The van der Waals surface area contributed by atoms with Crippen molar-refractivity contribution in [2.24, 2.45) is 5.92 Å². The molecule has 1 aromatic rings. The van der Waals surface area contributed by atoms with Crippen LogP contribution in [0.2, 0.25) is 0 Å². The predicted molar refractivity (Wildman–Crippen MR) is 65.9 cm³/mol. The summed E-state index contributed by atoms with van der Waals surface area (Å²) in [5.41, 5.74) is 1.15. The maximum atomic E-state index is 11.6. The van der Waals surface area contributed by atoms with E-state index >= 15 is 0 Å². The molecule has 92 valence electrons. The number of hydrogen-bond acceptors (Lipinski definition) is 3. The van der Waals surface area contributed by atoms with Gasteiger partial charge in [0.1, 0.15) is 0 Å². The molecular formula is C13H17NO3. The van der Waals surface area contributed by atoms with Gasteiger partial charge in [0.05, 0.1) is 12.2 Å². The van der Waals surface area contributed by atoms with Crippen LogP contribution in [0.25, 0.3) is 0 Å². The highest BCUT2D eigenvalue weighted by Crippen LogP contribution is 2.10. The molecule has 0 spiro atoms. The lowest BCUT2D eigenvalue weighted by Crippen LogP contribution is -2.10. The number of ether oxygens (including phenoxy) is 1. The highest BCUT2D eigenvalue weighted by Gasteiger charge is 2.07. The number of carbonyl (C=O) groups excluding carboxylic acids is 2. The van der Waals surface area contributed by atoms with E-state index < -0.39 is 0 Å². The first-order chi connectivity index (χ1) is 7.99. The Balaban J connectivity index is 2.60. The van der Waals surface area contributed by atoms with Gasteiger partial charge in [0.25, 0.3) is 0 Å². The molecule has 0 aliphatic carbocycles. The van der Waals surface area contributed by atoms with Crippen LogP contribution in [0.4, 0.5) is 5.69 Å². The third kappa shape index (κ3) is 4.68. The van der Waals surface area contributed by atoms with Gasteiger partial charge in [0, 0.05) is 12.6 Å². The summed E-state index contributed by atoms with van der Waals surface area (Å²) in [5, 5.41) is 2.63. The van der Waals surface area contributed by atoms with Gasteiger partial charge in [-0.15, -0.1) is 0 Å². The third-order valence-electron chi connectivity index (χ3n) is 1.99. The normalized spacial score (nSPS) is 10.1. The second-order valence-electron chi connectivity index (χ2n) is 4.25. The molecule has 1 amide bonds. The van der Waals surface area contributed by atoms with E-state index in [-0.39, 0.29) is 11.9 Å². The van der Waals surface area contributed by atoms with Gasteiger partial charge in [0.2, 0.25) is 5.91 Å². The number of hydrogen-bond donors (Lipinski definition) is 1. The first-order valence-electron chi connectivity index (χ1n) is 5.54. The second-order valence-corrected chi connectivity index (χ2v) is 4.25. The smallest absolute Gasteiger partial charge is 0.338 e. The largest absolute Gasteiger partial charge is 0.462 e. The Kier molecular flexibility index (Phi) is 4.69. The molecule has 1 aromatic carbocycles. The quantitative estimate of drug-likeness (QED) is 0.815. The Morgan fingerprint density at radius 2 is 1.82 bits per heavy atom. The molecule has 0 bridgehead atoms. The van der Waals surface area contributed by atoms with Crippen molar-refractivity contribution in [1.29, 1.82) is 0 Å². The number of nitrogens with one attached hydrogen (secondary N) is 1. The SMILES string of the molecule is CC(=O)Nc1ccc(C(=O)OCC(C)C)cc1. The molecule has 1 N–H and O–H groups in total. The van der Waals surface area contributed by atoms with Gasteiger partial charge >= 0.3 is 5.97 Å². The van der Waals surface area contributed by atoms with Crippen LogP contribution in [0.5, 0.6) is 0 Å². The number of esters is 1. The summed E-state index contributed by atoms with van der Waals surface area (Å²) < 4.78 is 5.08. The minimum atomic E-state index is -0.340. The molecule has 0 aliphatic heterocycles. The van der Waals surface area contributed by atoms with Gasteiger partial charge in [-0.3, -0.25) is 4.79 Å². The molecule has 0 aliphatic rings. The van der Waals surface area contributed by atoms with Crippen LogP contribution in [0.1, 0.15) is 31.1 Å². The molecule has 0 saturated carbocycles. The zero-order valence-corrected chi connectivity index (χ0v) is 10.3. The van der Waals surface area contributed by atoms with Crippen LogP contribution in [-0.4, -0.2) is 18.5 Å². The maximum Gasteiger partial charge on any atom is 0.338 e. The van der Waals surface area contributed by atoms with E-state index in [1.165, 1.54) is 6.92 Å². The molecular weight excluding hydrogens is 218 g/mol. The predicted octanol–water partition coefficient (Wildman–Crippen LogP) is 2.46. The summed E-state index contributed by atoms with van der Waals surface area (Å²) in [5.74, 6) is -0.161. The van der Waals surface area contributed by atoms with Crippen molar-refractivity contribution in [3.8, 4) is 0 Å². The zero-order chi connectivity index (χ0) is 12.8.